The van der Waals surface area contributed by atoms with Crippen LogP contribution in [0.4, 0.5) is 0 Å². The second-order valence-electron chi connectivity index (χ2n) is 7.45. The summed E-state index contributed by atoms with van der Waals surface area (Å²) in [5.41, 5.74) is 1.41. The number of nitrogens with zero attached hydrogens (tertiary/aromatic N) is 1. The molecule has 3 heteroatoms. The van der Waals surface area contributed by atoms with Crippen molar-refractivity contribution in [3.05, 3.63) is 35.9 Å². The molecule has 1 unspecified atom stereocenters. The van der Waals surface area contributed by atoms with Gasteiger partial charge in [0.15, 0.2) is 0 Å². The molecule has 0 aromatic heterocycles. The predicted molar refractivity (Wildman–Crippen MR) is 101 cm³/mol. The summed E-state index contributed by atoms with van der Waals surface area (Å²) in [5.74, 6) is 1.11. The zero-order chi connectivity index (χ0) is 17.5. The number of amides is 1. The van der Waals surface area contributed by atoms with Crippen LogP contribution >= 0.6 is 0 Å². The molecule has 1 fully saturated rings. The number of nitrogens with one attached hydrogen (secondary N) is 1. The van der Waals surface area contributed by atoms with Gasteiger partial charge in [-0.25, -0.2) is 0 Å². The van der Waals surface area contributed by atoms with Crippen LogP contribution in [0.3, 0.4) is 0 Å². The Hall–Kier alpha value is -1.35. The van der Waals surface area contributed by atoms with E-state index in [1.807, 2.05) is 0 Å². The summed E-state index contributed by atoms with van der Waals surface area (Å²) in [5, 5.41) is 3.30. The van der Waals surface area contributed by atoms with Crippen LogP contribution in [0, 0.1) is 11.8 Å². The molecular formula is C21H34N2O. The maximum absolute atomic E-state index is 12.3. The summed E-state index contributed by atoms with van der Waals surface area (Å²) < 4.78 is 0. The van der Waals surface area contributed by atoms with Crippen molar-refractivity contribution in [3.63, 3.8) is 0 Å². The van der Waals surface area contributed by atoms with E-state index in [2.05, 4.69) is 68.5 Å². The van der Waals surface area contributed by atoms with E-state index in [4.69, 9.17) is 0 Å². The number of carbonyl (C=O) groups is 1. The average molecular weight is 331 g/mol. The van der Waals surface area contributed by atoms with Crippen LogP contribution in [0.1, 0.15) is 64.0 Å². The van der Waals surface area contributed by atoms with E-state index < -0.39 is 0 Å². The Morgan fingerprint density at radius 3 is 2.17 bits per heavy atom. The Kier molecular flexibility index (Phi) is 7.29. The van der Waals surface area contributed by atoms with Crippen LogP contribution in [-0.4, -0.2) is 30.9 Å². The number of carbonyl (C=O) groups excluding carboxylic acids is 1. The average Bonchev–Trinajstić information content (AvgIpc) is 2.58. The molecule has 1 aliphatic rings. The minimum Gasteiger partial charge on any atom is -0.353 e. The second-order valence-corrected chi connectivity index (χ2v) is 7.45. The van der Waals surface area contributed by atoms with Gasteiger partial charge in [0.2, 0.25) is 5.91 Å². The van der Waals surface area contributed by atoms with Crippen molar-refractivity contribution < 1.29 is 4.79 Å². The molecule has 3 nitrogen and oxygen atoms in total. The smallest absolute Gasteiger partial charge is 0.223 e. The van der Waals surface area contributed by atoms with Gasteiger partial charge in [-0.3, -0.25) is 4.79 Å². The largest absolute Gasteiger partial charge is 0.353 e. The van der Waals surface area contributed by atoms with E-state index in [0.717, 1.165) is 25.7 Å². The Bertz CT molecular complexity index is 488. The molecule has 0 heterocycles. The van der Waals surface area contributed by atoms with Crippen molar-refractivity contribution in [2.75, 3.05) is 14.1 Å². The molecule has 0 bridgehead atoms. The van der Waals surface area contributed by atoms with Gasteiger partial charge in [0.25, 0.3) is 0 Å². The molecule has 1 amide bonds. The molecule has 2 rings (SSSR count). The van der Waals surface area contributed by atoms with Crippen molar-refractivity contribution in [1.82, 2.24) is 10.2 Å². The lowest BCUT2D eigenvalue weighted by atomic mass is 9.78. The standard InChI is InChI=1S/C21H34N2O/c1-5-16(6-2)21(24)22-19-14-12-18(13-15-19)20(23(3)4)17-10-8-7-9-11-17/h7-11,16,18-20H,5-6,12-15H2,1-4H3,(H,22,24). The monoisotopic (exact) mass is 330 g/mol. The summed E-state index contributed by atoms with van der Waals surface area (Å²) in [6.45, 7) is 4.21. The van der Waals surface area contributed by atoms with Gasteiger partial charge >= 0.3 is 0 Å². The third-order valence-corrected chi connectivity index (χ3v) is 5.62. The summed E-state index contributed by atoms with van der Waals surface area (Å²) in [6, 6.07) is 11.7. The van der Waals surface area contributed by atoms with E-state index in [-0.39, 0.29) is 11.8 Å². The predicted octanol–water partition coefficient (Wildman–Crippen LogP) is 4.40. The number of benzene rings is 1. The molecule has 24 heavy (non-hydrogen) atoms. The Morgan fingerprint density at radius 2 is 1.67 bits per heavy atom. The van der Waals surface area contributed by atoms with Crippen LogP contribution in [0.2, 0.25) is 0 Å². The molecule has 0 aliphatic heterocycles. The topological polar surface area (TPSA) is 32.3 Å². The molecule has 1 atom stereocenters. The fourth-order valence-electron chi connectivity index (χ4n) is 4.20. The van der Waals surface area contributed by atoms with Crippen molar-refractivity contribution >= 4 is 5.91 Å². The fourth-order valence-corrected chi connectivity index (χ4v) is 4.20. The Balaban J connectivity index is 1.92. The molecule has 0 spiro atoms. The minimum atomic E-state index is 0.182. The zero-order valence-corrected chi connectivity index (χ0v) is 15.8. The fraction of sp³-hybridized carbons (Fsp3) is 0.667. The summed E-state index contributed by atoms with van der Waals surface area (Å²) in [4.78, 5) is 14.6. The molecule has 1 N–H and O–H groups in total. The summed E-state index contributed by atoms with van der Waals surface area (Å²) >= 11 is 0. The van der Waals surface area contributed by atoms with Crippen molar-refractivity contribution in [3.8, 4) is 0 Å². The third-order valence-electron chi connectivity index (χ3n) is 5.62. The first-order valence-corrected chi connectivity index (χ1v) is 9.58. The van der Waals surface area contributed by atoms with E-state index in [9.17, 15) is 4.79 Å². The normalized spacial score (nSPS) is 22.6. The lowest BCUT2D eigenvalue weighted by molar-refractivity contribution is -0.126. The molecule has 0 saturated heterocycles. The van der Waals surface area contributed by atoms with Crippen molar-refractivity contribution in [2.24, 2.45) is 11.8 Å². The number of hydrogen-bond acceptors (Lipinski definition) is 2. The van der Waals surface area contributed by atoms with Gasteiger partial charge in [-0.2, -0.15) is 0 Å². The lowest BCUT2D eigenvalue weighted by Gasteiger charge is -2.38. The third kappa shape index (κ3) is 4.83. The van der Waals surface area contributed by atoms with Crippen LogP contribution < -0.4 is 5.32 Å². The Labute approximate surface area is 147 Å². The van der Waals surface area contributed by atoms with Gasteiger partial charge in [-0.05, 0) is 64.1 Å². The molecule has 1 aromatic carbocycles. The van der Waals surface area contributed by atoms with Crippen molar-refractivity contribution in [1.29, 1.82) is 0 Å². The highest BCUT2D eigenvalue weighted by Gasteiger charge is 2.30. The summed E-state index contributed by atoms with van der Waals surface area (Å²) in [7, 11) is 4.36. The van der Waals surface area contributed by atoms with E-state index >= 15 is 0 Å². The highest BCUT2D eigenvalue weighted by Crippen LogP contribution is 2.37. The molecule has 134 valence electrons. The van der Waals surface area contributed by atoms with Gasteiger partial charge in [0.1, 0.15) is 0 Å². The zero-order valence-electron chi connectivity index (χ0n) is 15.8. The molecule has 1 saturated carbocycles. The minimum absolute atomic E-state index is 0.182. The highest BCUT2D eigenvalue weighted by atomic mass is 16.1. The number of hydrogen-bond donors (Lipinski definition) is 1. The van der Waals surface area contributed by atoms with Crippen molar-refractivity contribution in [2.45, 2.75) is 64.5 Å². The van der Waals surface area contributed by atoms with Crippen LogP contribution in [-0.2, 0) is 4.79 Å². The quantitative estimate of drug-likeness (QED) is 0.803. The molecule has 1 aromatic rings. The SMILES string of the molecule is CCC(CC)C(=O)NC1CCC(C(c2ccccc2)N(C)C)CC1. The van der Waals surface area contributed by atoms with E-state index in [1.165, 1.54) is 18.4 Å². The van der Waals surface area contributed by atoms with Crippen LogP contribution in [0.5, 0.6) is 0 Å². The first kappa shape index (κ1) is 19.0. The second kappa shape index (κ2) is 9.22. The molecule has 1 aliphatic carbocycles. The van der Waals surface area contributed by atoms with Crippen LogP contribution in [0.15, 0.2) is 30.3 Å². The number of rotatable bonds is 7. The highest BCUT2D eigenvalue weighted by molar-refractivity contribution is 5.78. The molecular weight excluding hydrogens is 296 g/mol. The maximum Gasteiger partial charge on any atom is 0.223 e. The molecule has 0 radical (unpaired) electrons. The van der Waals surface area contributed by atoms with E-state index in [1.54, 1.807) is 0 Å². The van der Waals surface area contributed by atoms with E-state index in [0.29, 0.717) is 18.0 Å². The first-order chi connectivity index (χ1) is 11.6. The van der Waals surface area contributed by atoms with Gasteiger partial charge in [-0.15, -0.1) is 0 Å². The summed E-state index contributed by atoms with van der Waals surface area (Å²) in [6.07, 6.45) is 6.46. The first-order valence-electron chi connectivity index (χ1n) is 9.58. The van der Waals surface area contributed by atoms with Gasteiger partial charge in [0, 0.05) is 18.0 Å². The Morgan fingerprint density at radius 1 is 1.08 bits per heavy atom. The maximum atomic E-state index is 12.3. The lowest BCUT2D eigenvalue weighted by Crippen LogP contribution is -2.42. The van der Waals surface area contributed by atoms with Crippen LogP contribution in [0.25, 0.3) is 0 Å². The van der Waals surface area contributed by atoms with Gasteiger partial charge < -0.3 is 10.2 Å². The van der Waals surface area contributed by atoms with Gasteiger partial charge in [0.05, 0.1) is 0 Å². The van der Waals surface area contributed by atoms with Gasteiger partial charge in [-0.1, -0.05) is 44.2 Å².